The number of aliphatic hydroxyl groups excluding tert-OH is 2. The fourth-order valence-corrected chi connectivity index (χ4v) is 1.40. The molecule has 1 heterocycles. The number of carbonyl (C=O) groups is 1. The van der Waals surface area contributed by atoms with Crippen LogP contribution in [-0.2, 0) is 14.3 Å². The van der Waals surface area contributed by atoms with Crippen molar-refractivity contribution in [2.75, 3.05) is 6.61 Å². The molecular formula is C12H16O5. The third-order valence-electron chi connectivity index (χ3n) is 2.32. The van der Waals surface area contributed by atoms with Gasteiger partial charge in [-0.1, -0.05) is 11.8 Å². The molecule has 4 atom stereocenters. The molecule has 0 spiro atoms. The standard InChI is InChI=1S/C12H16O5/c1-3-16-10(13)7-5-4-6-9-12(15)11(14)8(2)17-9/h5,7-9,11-12,14-15H,3H2,1-2H3/b7-5-/t8-,9+,11?,12-/m0/s1. The molecule has 1 fully saturated rings. The van der Waals surface area contributed by atoms with Crippen LogP contribution in [0.2, 0.25) is 0 Å². The van der Waals surface area contributed by atoms with E-state index in [-0.39, 0.29) is 0 Å². The van der Waals surface area contributed by atoms with E-state index in [1.807, 2.05) is 0 Å². The SMILES string of the molecule is CCOC(=O)/C=C\C#C[C@H]1O[C@@H](C)C(O)[C@H]1O. The normalized spacial score (nSPS) is 32.2. The van der Waals surface area contributed by atoms with Crippen molar-refractivity contribution in [1.82, 2.24) is 0 Å². The lowest BCUT2D eigenvalue weighted by Crippen LogP contribution is -2.30. The average molecular weight is 240 g/mol. The number of aliphatic hydroxyl groups is 2. The van der Waals surface area contributed by atoms with E-state index in [1.165, 1.54) is 12.2 Å². The summed E-state index contributed by atoms with van der Waals surface area (Å²) < 4.78 is 9.87. The number of esters is 1. The highest BCUT2D eigenvalue weighted by atomic mass is 16.5. The molecule has 1 saturated heterocycles. The molecule has 0 aliphatic carbocycles. The van der Waals surface area contributed by atoms with E-state index < -0.39 is 30.4 Å². The highest BCUT2D eigenvalue weighted by molar-refractivity contribution is 5.82. The van der Waals surface area contributed by atoms with Gasteiger partial charge < -0.3 is 19.7 Å². The third-order valence-corrected chi connectivity index (χ3v) is 2.32. The highest BCUT2D eigenvalue weighted by Gasteiger charge is 2.39. The van der Waals surface area contributed by atoms with Crippen LogP contribution in [0.15, 0.2) is 12.2 Å². The molecule has 1 aliphatic heterocycles. The molecule has 0 radical (unpaired) electrons. The number of ether oxygens (including phenoxy) is 2. The summed E-state index contributed by atoms with van der Waals surface area (Å²) in [5.74, 6) is 4.70. The maximum atomic E-state index is 10.9. The lowest BCUT2D eigenvalue weighted by atomic mass is 10.1. The van der Waals surface area contributed by atoms with Crippen molar-refractivity contribution in [3.05, 3.63) is 12.2 Å². The van der Waals surface area contributed by atoms with Gasteiger partial charge in [-0.25, -0.2) is 4.79 Å². The van der Waals surface area contributed by atoms with Crippen LogP contribution in [0.1, 0.15) is 13.8 Å². The number of allylic oxidation sites excluding steroid dienone is 1. The van der Waals surface area contributed by atoms with Gasteiger partial charge in [0.2, 0.25) is 0 Å². The first-order valence-corrected chi connectivity index (χ1v) is 5.42. The Morgan fingerprint density at radius 2 is 2.18 bits per heavy atom. The van der Waals surface area contributed by atoms with Crippen LogP contribution in [0.25, 0.3) is 0 Å². The molecule has 1 rings (SSSR count). The molecule has 17 heavy (non-hydrogen) atoms. The molecule has 0 aromatic rings. The molecule has 94 valence electrons. The number of rotatable bonds is 2. The summed E-state index contributed by atoms with van der Waals surface area (Å²) in [5, 5.41) is 18.9. The second kappa shape index (κ2) is 6.40. The summed E-state index contributed by atoms with van der Waals surface area (Å²) >= 11 is 0. The molecule has 0 aromatic heterocycles. The zero-order valence-corrected chi connectivity index (χ0v) is 9.79. The Morgan fingerprint density at radius 1 is 1.47 bits per heavy atom. The van der Waals surface area contributed by atoms with Crippen molar-refractivity contribution in [2.24, 2.45) is 0 Å². The Morgan fingerprint density at radius 3 is 2.71 bits per heavy atom. The van der Waals surface area contributed by atoms with Gasteiger partial charge in [0.1, 0.15) is 18.3 Å². The molecule has 0 amide bonds. The summed E-state index contributed by atoms with van der Waals surface area (Å²) in [5.41, 5.74) is 0. The van der Waals surface area contributed by atoms with Crippen LogP contribution in [0.4, 0.5) is 0 Å². The van der Waals surface area contributed by atoms with Crippen molar-refractivity contribution < 1.29 is 24.5 Å². The van der Waals surface area contributed by atoms with E-state index in [4.69, 9.17) is 4.74 Å². The quantitative estimate of drug-likeness (QED) is 0.391. The Balaban J connectivity index is 2.48. The Labute approximate surface area is 100 Å². The second-order valence-electron chi connectivity index (χ2n) is 3.62. The topological polar surface area (TPSA) is 76.0 Å². The van der Waals surface area contributed by atoms with Gasteiger partial charge in [-0.2, -0.15) is 0 Å². The van der Waals surface area contributed by atoms with Gasteiger partial charge in [0.15, 0.2) is 0 Å². The van der Waals surface area contributed by atoms with Crippen LogP contribution >= 0.6 is 0 Å². The number of hydrogen-bond acceptors (Lipinski definition) is 5. The first kappa shape index (κ1) is 13.7. The highest BCUT2D eigenvalue weighted by Crippen LogP contribution is 2.19. The summed E-state index contributed by atoms with van der Waals surface area (Å²) in [4.78, 5) is 10.9. The van der Waals surface area contributed by atoms with E-state index in [1.54, 1.807) is 13.8 Å². The third kappa shape index (κ3) is 3.86. The fourth-order valence-electron chi connectivity index (χ4n) is 1.40. The predicted octanol–water partition coefficient (Wildman–Crippen LogP) is -0.382. The van der Waals surface area contributed by atoms with Gasteiger partial charge in [-0.05, 0) is 19.9 Å². The molecule has 0 saturated carbocycles. The lowest BCUT2D eigenvalue weighted by molar-refractivity contribution is -0.137. The van der Waals surface area contributed by atoms with Crippen LogP contribution in [0, 0.1) is 11.8 Å². The first-order chi connectivity index (χ1) is 8.06. The molecule has 0 aromatic carbocycles. The van der Waals surface area contributed by atoms with E-state index in [2.05, 4.69) is 16.6 Å². The summed E-state index contributed by atoms with van der Waals surface area (Å²) in [6, 6.07) is 0. The molecular weight excluding hydrogens is 224 g/mol. The van der Waals surface area contributed by atoms with Crippen LogP contribution in [0.5, 0.6) is 0 Å². The van der Waals surface area contributed by atoms with E-state index >= 15 is 0 Å². The van der Waals surface area contributed by atoms with Gasteiger partial charge in [0.05, 0.1) is 12.7 Å². The van der Waals surface area contributed by atoms with Crippen molar-refractivity contribution >= 4 is 5.97 Å². The number of carbonyl (C=O) groups excluding carboxylic acids is 1. The van der Waals surface area contributed by atoms with Gasteiger partial charge in [0.25, 0.3) is 0 Å². The van der Waals surface area contributed by atoms with Crippen LogP contribution < -0.4 is 0 Å². The maximum absolute atomic E-state index is 10.9. The summed E-state index contributed by atoms with van der Waals surface area (Å²) in [6.45, 7) is 3.68. The van der Waals surface area contributed by atoms with E-state index in [9.17, 15) is 15.0 Å². The minimum Gasteiger partial charge on any atom is -0.463 e. The van der Waals surface area contributed by atoms with Gasteiger partial charge in [0, 0.05) is 6.08 Å². The van der Waals surface area contributed by atoms with Crippen molar-refractivity contribution in [2.45, 2.75) is 38.3 Å². The first-order valence-electron chi connectivity index (χ1n) is 5.42. The van der Waals surface area contributed by atoms with Gasteiger partial charge >= 0.3 is 5.97 Å². The van der Waals surface area contributed by atoms with Crippen molar-refractivity contribution in [3.8, 4) is 11.8 Å². The summed E-state index contributed by atoms with van der Waals surface area (Å²) in [7, 11) is 0. The minimum atomic E-state index is -1.02. The predicted molar refractivity (Wildman–Crippen MR) is 59.9 cm³/mol. The van der Waals surface area contributed by atoms with Gasteiger partial charge in [-0.15, -0.1) is 0 Å². The minimum absolute atomic E-state index is 0.310. The van der Waals surface area contributed by atoms with Crippen molar-refractivity contribution in [1.29, 1.82) is 0 Å². The van der Waals surface area contributed by atoms with Gasteiger partial charge in [-0.3, -0.25) is 0 Å². The lowest BCUT2D eigenvalue weighted by Gasteiger charge is -2.08. The Kier molecular flexibility index (Phi) is 5.16. The average Bonchev–Trinajstić information content (AvgIpc) is 2.53. The smallest absolute Gasteiger partial charge is 0.331 e. The molecule has 5 nitrogen and oxygen atoms in total. The number of hydrogen-bond donors (Lipinski definition) is 2. The largest absolute Gasteiger partial charge is 0.463 e. The molecule has 5 heteroatoms. The second-order valence-corrected chi connectivity index (χ2v) is 3.62. The molecule has 1 aliphatic rings. The Hall–Kier alpha value is -1.35. The molecule has 2 N–H and O–H groups in total. The van der Waals surface area contributed by atoms with Crippen LogP contribution in [-0.4, -0.2) is 47.2 Å². The summed E-state index contributed by atoms with van der Waals surface area (Å²) in [6.07, 6.45) is -0.608. The molecule has 1 unspecified atom stereocenters. The van der Waals surface area contributed by atoms with E-state index in [0.29, 0.717) is 6.61 Å². The maximum Gasteiger partial charge on any atom is 0.331 e. The Bertz CT molecular complexity index is 352. The van der Waals surface area contributed by atoms with Crippen molar-refractivity contribution in [3.63, 3.8) is 0 Å². The zero-order valence-electron chi connectivity index (χ0n) is 9.79. The van der Waals surface area contributed by atoms with E-state index in [0.717, 1.165) is 0 Å². The fraction of sp³-hybridized carbons (Fsp3) is 0.583. The zero-order chi connectivity index (χ0) is 12.8. The monoisotopic (exact) mass is 240 g/mol. The van der Waals surface area contributed by atoms with Crippen LogP contribution in [0.3, 0.4) is 0 Å². The molecule has 0 bridgehead atoms.